The Labute approximate surface area is 93.7 Å². The van der Waals surface area contributed by atoms with Gasteiger partial charge in [0.1, 0.15) is 0 Å². The van der Waals surface area contributed by atoms with Gasteiger partial charge in [0.05, 0.1) is 0 Å². The molecule has 0 aromatic heterocycles. The molecule has 0 spiro atoms. The standard InChI is InChI=1S/C13H23Cl/c1-11(2)13(10-14)9-12-7-5-3-4-6-8-12/h9,11-12H,3-8,10H2,1-2H3. The van der Waals surface area contributed by atoms with Crippen LogP contribution >= 0.6 is 11.6 Å². The summed E-state index contributed by atoms with van der Waals surface area (Å²) in [6, 6.07) is 0. The second-order valence-electron chi connectivity index (χ2n) is 4.78. The first kappa shape index (κ1) is 12.1. The van der Waals surface area contributed by atoms with Crippen LogP contribution in [0.1, 0.15) is 52.4 Å². The minimum absolute atomic E-state index is 0.621. The van der Waals surface area contributed by atoms with Crippen molar-refractivity contribution >= 4 is 11.6 Å². The van der Waals surface area contributed by atoms with E-state index < -0.39 is 0 Å². The molecule has 0 aromatic carbocycles. The van der Waals surface area contributed by atoms with Crippen molar-refractivity contribution in [1.29, 1.82) is 0 Å². The molecule has 1 aliphatic carbocycles. The maximum atomic E-state index is 5.95. The monoisotopic (exact) mass is 214 g/mol. The summed E-state index contributed by atoms with van der Waals surface area (Å²) in [5.41, 5.74) is 1.44. The largest absolute Gasteiger partial charge is 0.122 e. The smallest absolute Gasteiger partial charge is 0.0436 e. The highest BCUT2D eigenvalue weighted by Gasteiger charge is 2.11. The van der Waals surface area contributed by atoms with E-state index in [0.29, 0.717) is 11.8 Å². The molecule has 1 saturated carbocycles. The summed E-state index contributed by atoms with van der Waals surface area (Å²) in [7, 11) is 0. The van der Waals surface area contributed by atoms with Crippen molar-refractivity contribution in [3.63, 3.8) is 0 Å². The molecule has 1 rings (SSSR count). The fraction of sp³-hybridized carbons (Fsp3) is 0.846. The molecule has 0 radical (unpaired) electrons. The molecule has 0 saturated heterocycles. The van der Waals surface area contributed by atoms with Gasteiger partial charge in [0.15, 0.2) is 0 Å². The van der Waals surface area contributed by atoms with Gasteiger partial charge in [-0.3, -0.25) is 0 Å². The Morgan fingerprint density at radius 3 is 2.21 bits per heavy atom. The molecule has 0 unspecified atom stereocenters. The van der Waals surface area contributed by atoms with Gasteiger partial charge in [-0.2, -0.15) is 0 Å². The minimum atomic E-state index is 0.621. The minimum Gasteiger partial charge on any atom is -0.122 e. The van der Waals surface area contributed by atoms with Crippen LogP contribution in [0, 0.1) is 11.8 Å². The van der Waals surface area contributed by atoms with Crippen LogP contribution in [0.3, 0.4) is 0 Å². The Bertz CT molecular complexity index is 174. The summed E-state index contributed by atoms with van der Waals surface area (Å²) in [6.07, 6.45) is 10.9. The summed E-state index contributed by atoms with van der Waals surface area (Å²) < 4.78 is 0. The maximum Gasteiger partial charge on any atom is 0.0436 e. The van der Waals surface area contributed by atoms with Crippen LogP contribution < -0.4 is 0 Å². The Morgan fingerprint density at radius 2 is 1.79 bits per heavy atom. The fourth-order valence-corrected chi connectivity index (χ4v) is 2.57. The molecular weight excluding hydrogens is 192 g/mol. The zero-order valence-electron chi connectivity index (χ0n) is 9.56. The highest BCUT2D eigenvalue weighted by molar-refractivity contribution is 6.19. The van der Waals surface area contributed by atoms with E-state index in [4.69, 9.17) is 11.6 Å². The SMILES string of the molecule is CC(C)C(=CC1CCCCCC1)CCl. The van der Waals surface area contributed by atoms with Gasteiger partial charge in [-0.05, 0) is 24.7 Å². The predicted octanol–water partition coefficient (Wildman–Crippen LogP) is 4.78. The van der Waals surface area contributed by atoms with Gasteiger partial charge in [-0.15, -0.1) is 11.6 Å². The highest BCUT2D eigenvalue weighted by atomic mass is 35.5. The lowest BCUT2D eigenvalue weighted by Crippen LogP contribution is -2.02. The van der Waals surface area contributed by atoms with Crippen LogP contribution in [-0.2, 0) is 0 Å². The van der Waals surface area contributed by atoms with Crippen LogP contribution in [0.2, 0.25) is 0 Å². The lowest BCUT2D eigenvalue weighted by molar-refractivity contribution is 0.549. The second-order valence-corrected chi connectivity index (χ2v) is 5.05. The predicted molar refractivity (Wildman–Crippen MR) is 64.8 cm³/mol. The van der Waals surface area contributed by atoms with Gasteiger partial charge < -0.3 is 0 Å². The number of allylic oxidation sites excluding steroid dienone is 2. The molecule has 0 N–H and O–H groups in total. The lowest BCUT2D eigenvalue weighted by Gasteiger charge is -2.14. The van der Waals surface area contributed by atoms with Crippen molar-refractivity contribution in [2.24, 2.45) is 11.8 Å². The zero-order valence-corrected chi connectivity index (χ0v) is 10.3. The molecule has 1 aliphatic rings. The Kier molecular flexibility index (Phi) is 5.62. The van der Waals surface area contributed by atoms with E-state index in [1.165, 1.54) is 44.1 Å². The average molecular weight is 215 g/mol. The van der Waals surface area contributed by atoms with Crippen LogP contribution in [0.5, 0.6) is 0 Å². The van der Waals surface area contributed by atoms with Gasteiger partial charge in [0.2, 0.25) is 0 Å². The first-order valence-corrected chi connectivity index (χ1v) is 6.54. The third-order valence-electron chi connectivity index (χ3n) is 3.25. The van der Waals surface area contributed by atoms with Gasteiger partial charge in [-0.25, -0.2) is 0 Å². The average Bonchev–Trinajstić information content (AvgIpc) is 2.41. The van der Waals surface area contributed by atoms with Crippen LogP contribution in [0.15, 0.2) is 11.6 Å². The molecule has 1 fully saturated rings. The maximum absolute atomic E-state index is 5.95. The van der Waals surface area contributed by atoms with Crippen molar-refractivity contribution in [3.05, 3.63) is 11.6 Å². The molecule has 0 atom stereocenters. The topological polar surface area (TPSA) is 0 Å². The number of hydrogen-bond acceptors (Lipinski definition) is 0. The number of alkyl halides is 1. The molecule has 1 heteroatoms. The zero-order chi connectivity index (χ0) is 10.4. The Hall–Kier alpha value is 0.0300. The van der Waals surface area contributed by atoms with E-state index in [1.54, 1.807) is 0 Å². The van der Waals surface area contributed by atoms with Gasteiger partial charge >= 0.3 is 0 Å². The molecule has 82 valence electrons. The van der Waals surface area contributed by atoms with Gasteiger partial charge in [0, 0.05) is 5.88 Å². The van der Waals surface area contributed by atoms with E-state index in [1.807, 2.05) is 0 Å². The molecule has 0 aromatic rings. The van der Waals surface area contributed by atoms with Crippen molar-refractivity contribution in [2.45, 2.75) is 52.4 Å². The van der Waals surface area contributed by atoms with E-state index in [0.717, 1.165) is 5.92 Å². The van der Waals surface area contributed by atoms with Crippen LogP contribution in [-0.4, -0.2) is 5.88 Å². The summed E-state index contributed by atoms with van der Waals surface area (Å²) in [5, 5.41) is 0. The van der Waals surface area contributed by atoms with E-state index in [2.05, 4.69) is 19.9 Å². The quantitative estimate of drug-likeness (QED) is 0.361. The second kappa shape index (κ2) is 6.50. The Morgan fingerprint density at radius 1 is 1.21 bits per heavy atom. The summed E-state index contributed by atoms with van der Waals surface area (Å²) in [6.45, 7) is 4.48. The van der Waals surface area contributed by atoms with Gasteiger partial charge in [0.25, 0.3) is 0 Å². The van der Waals surface area contributed by atoms with E-state index in [9.17, 15) is 0 Å². The normalized spacial score (nSPS) is 21.3. The molecule has 0 aliphatic heterocycles. The molecule has 14 heavy (non-hydrogen) atoms. The number of hydrogen-bond donors (Lipinski definition) is 0. The summed E-state index contributed by atoms with van der Waals surface area (Å²) in [5.74, 6) is 2.15. The number of halogens is 1. The summed E-state index contributed by atoms with van der Waals surface area (Å²) in [4.78, 5) is 0. The van der Waals surface area contributed by atoms with Gasteiger partial charge in [-0.1, -0.05) is 51.2 Å². The fourth-order valence-electron chi connectivity index (χ4n) is 2.17. The third kappa shape index (κ3) is 4.04. The third-order valence-corrected chi connectivity index (χ3v) is 3.55. The van der Waals surface area contributed by atoms with E-state index in [-0.39, 0.29) is 0 Å². The van der Waals surface area contributed by atoms with Crippen molar-refractivity contribution < 1.29 is 0 Å². The molecule has 0 heterocycles. The number of rotatable bonds is 3. The molecule has 0 nitrogen and oxygen atoms in total. The van der Waals surface area contributed by atoms with Crippen molar-refractivity contribution in [2.75, 3.05) is 5.88 Å². The van der Waals surface area contributed by atoms with Crippen molar-refractivity contribution in [3.8, 4) is 0 Å². The molecular formula is C13H23Cl. The highest BCUT2D eigenvalue weighted by Crippen LogP contribution is 2.26. The Balaban J connectivity index is 2.52. The summed E-state index contributed by atoms with van der Waals surface area (Å²) >= 11 is 5.95. The first-order valence-electron chi connectivity index (χ1n) is 6.00. The molecule has 0 bridgehead atoms. The van der Waals surface area contributed by atoms with Crippen LogP contribution in [0.4, 0.5) is 0 Å². The molecule has 0 amide bonds. The first-order chi connectivity index (χ1) is 6.74. The van der Waals surface area contributed by atoms with Crippen LogP contribution in [0.25, 0.3) is 0 Å². The lowest BCUT2D eigenvalue weighted by atomic mass is 9.94. The van der Waals surface area contributed by atoms with E-state index >= 15 is 0 Å². The van der Waals surface area contributed by atoms with Crippen molar-refractivity contribution in [1.82, 2.24) is 0 Å².